The first-order chi connectivity index (χ1) is 18.1. The van der Waals surface area contributed by atoms with Gasteiger partial charge in [-0.25, -0.2) is 4.57 Å². The van der Waals surface area contributed by atoms with Crippen molar-refractivity contribution in [3.63, 3.8) is 0 Å². The smallest absolute Gasteiger partial charge is 0.395 e. The van der Waals surface area contributed by atoms with E-state index in [4.69, 9.17) is 13.6 Å². The van der Waals surface area contributed by atoms with Crippen molar-refractivity contribution in [2.75, 3.05) is 6.61 Å². The number of unbranched alkanes of at least 4 members (excludes halogenated alkanes) is 1. The summed E-state index contributed by atoms with van der Waals surface area (Å²) < 4.78 is 30.1. The Morgan fingerprint density at radius 2 is 1.03 bits per heavy atom. The van der Waals surface area contributed by atoms with E-state index in [1.165, 1.54) is 11.1 Å². The minimum Gasteiger partial charge on any atom is -0.395 e. The summed E-state index contributed by atoms with van der Waals surface area (Å²) in [5.74, 6) is 1.26. The van der Waals surface area contributed by atoms with E-state index in [-0.39, 0.29) is 0 Å². The zero-order valence-corrected chi connectivity index (χ0v) is 22.6. The SMILES string of the molecule is CCCCC(CC)COP(=O)(Oc1ccccc1)Oc1ccccc1.c1ccc(-c2ccccc2)cc1. The van der Waals surface area contributed by atoms with Gasteiger partial charge in [0.1, 0.15) is 11.5 Å². The van der Waals surface area contributed by atoms with Gasteiger partial charge in [0.2, 0.25) is 0 Å². The Labute approximate surface area is 221 Å². The Balaban J connectivity index is 0.000000262. The topological polar surface area (TPSA) is 44.8 Å². The Hall–Kier alpha value is -3.33. The number of phosphoric acid groups is 1. The van der Waals surface area contributed by atoms with Crippen molar-refractivity contribution in [2.24, 2.45) is 5.92 Å². The number of phosphoric ester groups is 1. The normalized spacial score (nSPS) is 11.6. The maximum atomic E-state index is 13.2. The lowest BCUT2D eigenvalue weighted by Gasteiger charge is -2.21. The molecular formula is C32H37O4P. The molecule has 37 heavy (non-hydrogen) atoms. The molecular weight excluding hydrogens is 479 g/mol. The van der Waals surface area contributed by atoms with Crippen molar-refractivity contribution in [1.82, 2.24) is 0 Å². The van der Waals surface area contributed by atoms with E-state index < -0.39 is 7.82 Å². The van der Waals surface area contributed by atoms with Gasteiger partial charge in [0.05, 0.1) is 6.61 Å². The molecule has 0 heterocycles. The van der Waals surface area contributed by atoms with Crippen LogP contribution < -0.4 is 9.05 Å². The first kappa shape index (κ1) is 28.2. The molecule has 0 aromatic heterocycles. The van der Waals surface area contributed by atoms with E-state index in [0.717, 1.165) is 25.7 Å². The lowest BCUT2D eigenvalue weighted by Crippen LogP contribution is -2.12. The van der Waals surface area contributed by atoms with Crippen LogP contribution in [-0.2, 0) is 9.09 Å². The van der Waals surface area contributed by atoms with E-state index in [1.807, 2.05) is 48.5 Å². The molecule has 0 aliphatic heterocycles. The molecule has 4 rings (SSSR count). The molecule has 0 fully saturated rings. The molecule has 1 atom stereocenters. The van der Waals surface area contributed by atoms with E-state index in [0.29, 0.717) is 24.0 Å². The van der Waals surface area contributed by atoms with Crippen LogP contribution in [0.5, 0.6) is 11.5 Å². The molecule has 0 saturated carbocycles. The van der Waals surface area contributed by atoms with Crippen LogP contribution in [0.3, 0.4) is 0 Å². The van der Waals surface area contributed by atoms with Crippen molar-refractivity contribution in [1.29, 1.82) is 0 Å². The molecule has 0 aliphatic rings. The van der Waals surface area contributed by atoms with Crippen LogP contribution in [0.15, 0.2) is 121 Å². The molecule has 1 unspecified atom stereocenters. The fraction of sp³-hybridized carbons (Fsp3) is 0.250. The molecule has 194 valence electrons. The highest BCUT2D eigenvalue weighted by atomic mass is 31.2. The monoisotopic (exact) mass is 516 g/mol. The third-order valence-corrected chi connectivity index (χ3v) is 7.15. The predicted molar refractivity (Wildman–Crippen MR) is 153 cm³/mol. The number of benzene rings is 4. The van der Waals surface area contributed by atoms with Crippen molar-refractivity contribution in [2.45, 2.75) is 39.5 Å². The predicted octanol–water partition coefficient (Wildman–Crippen LogP) is 9.84. The van der Waals surface area contributed by atoms with Gasteiger partial charge in [-0.1, -0.05) is 130 Å². The molecule has 4 aromatic carbocycles. The highest BCUT2D eigenvalue weighted by Gasteiger charge is 2.31. The zero-order chi connectivity index (χ0) is 26.2. The fourth-order valence-corrected chi connectivity index (χ4v) is 4.94. The summed E-state index contributed by atoms with van der Waals surface area (Å²) in [5.41, 5.74) is 2.55. The van der Waals surface area contributed by atoms with Crippen LogP contribution in [0.25, 0.3) is 11.1 Å². The quantitative estimate of drug-likeness (QED) is 0.176. The third kappa shape index (κ3) is 10.3. The van der Waals surface area contributed by atoms with Gasteiger partial charge in [-0.05, 0) is 47.7 Å². The summed E-state index contributed by atoms with van der Waals surface area (Å²) in [6.45, 7) is 4.63. The minimum absolute atomic E-state index is 0.340. The van der Waals surface area contributed by atoms with Gasteiger partial charge < -0.3 is 9.05 Å². The Bertz CT molecular complexity index is 1090. The van der Waals surface area contributed by atoms with Crippen molar-refractivity contribution < 1.29 is 18.1 Å². The van der Waals surface area contributed by atoms with Crippen molar-refractivity contribution in [3.8, 4) is 22.6 Å². The Morgan fingerprint density at radius 1 is 0.622 bits per heavy atom. The number of para-hydroxylation sites is 2. The van der Waals surface area contributed by atoms with E-state index >= 15 is 0 Å². The van der Waals surface area contributed by atoms with Gasteiger partial charge >= 0.3 is 7.82 Å². The summed E-state index contributed by atoms with van der Waals surface area (Å²) in [7, 11) is -3.76. The summed E-state index contributed by atoms with van der Waals surface area (Å²) in [6.07, 6.45) is 4.28. The first-order valence-electron chi connectivity index (χ1n) is 13.0. The molecule has 4 aromatic rings. The highest BCUT2D eigenvalue weighted by Crippen LogP contribution is 2.50. The summed E-state index contributed by atoms with van der Waals surface area (Å²) in [5, 5.41) is 0. The summed E-state index contributed by atoms with van der Waals surface area (Å²) >= 11 is 0. The largest absolute Gasteiger partial charge is 0.587 e. The van der Waals surface area contributed by atoms with Gasteiger partial charge in [0.15, 0.2) is 0 Å². The molecule has 0 amide bonds. The van der Waals surface area contributed by atoms with Gasteiger partial charge in [0.25, 0.3) is 0 Å². The average Bonchev–Trinajstić information content (AvgIpc) is 2.95. The Morgan fingerprint density at radius 3 is 1.41 bits per heavy atom. The van der Waals surface area contributed by atoms with Crippen LogP contribution in [0.2, 0.25) is 0 Å². The lowest BCUT2D eigenvalue weighted by molar-refractivity contribution is 0.170. The molecule has 0 spiro atoms. The standard InChI is InChI=1S/C20H27O4P.C12H10/c1-3-5-12-18(4-2)17-22-25(21,23-19-13-8-6-9-14-19)24-20-15-10-7-11-16-20;1-3-7-11(8-4-1)12-9-5-2-6-10-12/h6-11,13-16,18H,3-5,12,17H2,1-2H3;1-10H. The van der Waals surface area contributed by atoms with E-state index in [1.54, 1.807) is 24.3 Å². The van der Waals surface area contributed by atoms with Crippen molar-refractivity contribution >= 4 is 7.82 Å². The second-order valence-corrected chi connectivity index (χ2v) is 10.2. The van der Waals surface area contributed by atoms with Crippen LogP contribution in [-0.4, -0.2) is 6.61 Å². The van der Waals surface area contributed by atoms with Crippen molar-refractivity contribution in [3.05, 3.63) is 121 Å². The lowest BCUT2D eigenvalue weighted by atomic mass is 10.0. The molecule has 0 saturated heterocycles. The molecule has 0 aliphatic carbocycles. The van der Waals surface area contributed by atoms with E-state index in [2.05, 4.69) is 62.4 Å². The second-order valence-electron chi connectivity index (χ2n) is 8.70. The van der Waals surface area contributed by atoms with Gasteiger partial charge in [-0.15, -0.1) is 0 Å². The molecule has 0 bridgehead atoms. The van der Waals surface area contributed by atoms with Crippen LogP contribution in [0.4, 0.5) is 0 Å². The number of hydrogen-bond donors (Lipinski definition) is 0. The van der Waals surface area contributed by atoms with Crippen LogP contribution in [0, 0.1) is 5.92 Å². The summed E-state index contributed by atoms with van der Waals surface area (Å²) in [4.78, 5) is 0. The average molecular weight is 517 g/mol. The second kappa shape index (κ2) is 15.7. The maximum Gasteiger partial charge on any atom is 0.587 e. The molecule has 0 radical (unpaired) electrons. The minimum atomic E-state index is -3.76. The zero-order valence-electron chi connectivity index (χ0n) is 21.7. The molecule has 5 heteroatoms. The fourth-order valence-electron chi connectivity index (χ4n) is 3.65. The van der Waals surface area contributed by atoms with Gasteiger partial charge in [-0.3, -0.25) is 4.52 Å². The summed E-state index contributed by atoms with van der Waals surface area (Å²) in [6, 6.07) is 38.7. The van der Waals surface area contributed by atoms with Gasteiger partial charge in [-0.2, -0.15) is 0 Å². The molecule has 0 N–H and O–H groups in total. The Kier molecular flexibility index (Phi) is 12.0. The third-order valence-electron chi connectivity index (χ3n) is 5.81. The maximum absolute atomic E-state index is 13.2. The number of rotatable bonds is 12. The molecule has 4 nitrogen and oxygen atoms in total. The van der Waals surface area contributed by atoms with Crippen LogP contribution in [0.1, 0.15) is 39.5 Å². The number of hydrogen-bond acceptors (Lipinski definition) is 4. The van der Waals surface area contributed by atoms with Gasteiger partial charge in [0, 0.05) is 0 Å². The van der Waals surface area contributed by atoms with E-state index in [9.17, 15) is 4.57 Å². The highest BCUT2D eigenvalue weighted by molar-refractivity contribution is 7.49. The first-order valence-corrected chi connectivity index (χ1v) is 14.4. The van der Waals surface area contributed by atoms with Crippen LogP contribution >= 0.6 is 7.82 Å².